The number of benzene rings is 1. The Labute approximate surface area is 115 Å². The van der Waals surface area contributed by atoms with E-state index in [2.05, 4.69) is 15.0 Å². The predicted molar refractivity (Wildman–Crippen MR) is 77.1 cm³/mol. The number of hydrogen-bond donors (Lipinski definition) is 2. The van der Waals surface area contributed by atoms with Crippen LogP contribution in [0.4, 0.5) is 0 Å². The first-order valence-electron chi connectivity index (χ1n) is 6.05. The lowest BCUT2D eigenvalue weighted by atomic mass is 10.2. The predicted octanol–water partition coefficient (Wildman–Crippen LogP) is 2.88. The number of hydrogen-bond acceptors (Lipinski definition) is 4. The van der Waals surface area contributed by atoms with Crippen LogP contribution in [0.3, 0.4) is 0 Å². The highest BCUT2D eigenvalue weighted by molar-refractivity contribution is 7.99. The molecule has 3 aromatic rings. The molecule has 0 saturated heterocycles. The van der Waals surface area contributed by atoms with Gasteiger partial charge in [-0.2, -0.15) is 0 Å². The number of rotatable bonds is 3. The van der Waals surface area contributed by atoms with Gasteiger partial charge in [-0.3, -0.25) is 0 Å². The maximum atomic E-state index is 5.80. The molecule has 19 heavy (non-hydrogen) atoms. The molecule has 0 bridgehead atoms. The number of aryl methyl sites for hydroxylation is 1. The number of imidazole rings is 1. The molecule has 3 rings (SSSR count). The van der Waals surface area contributed by atoms with Gasteiger partial charge in [-0.25, -0.2) is 9.97 Å². The zero-order valence-electron chi connectivity index (χ0n) is 10.6. The van der Waals surface area contributed by atoms with E-state index in [0.717, 1.165) is 32.3 Å². The number of nitrogens with one attached hydrogen (secondary N) is 1. The van der Waals surface area contributed by atoms with E-state index in [0.29, 0.717) is 6.54 Å². The zero-order chi connectivity index (χ0) is 13.2. The van der Waals surface area contributed by atoms with Gasteiger partial charge in [0.2, 0.25) is 0 Å². The Morgan fingerprint density at radius 2 is 2.11 bits per heavy atom. The van der Waals surface area contributed by atoms with Crippen LogP contribution in [0.25, 0.3) is 11.0 Å². The van der Waals surface area contributed by atoms with Gasteiger partial charge in [0.1, 0.15) is 5.03 Å². The van der Waals surface area contributed by atoms with Gasteiger partial charge in [-0.05, 0) is 42.4 Å². The van der Waals surface area contributed by atoms with Crippen molar-refractivity contribution in [2.24, 2.45) is 5.73 Å². The lowest BCUT2D eigenvalue weighted by Gasteiger charge is -2.07. The van der Waals surface area contributed by atoms with Gasteiger partial charge >= 0.3 is 0 Å². The summed E-state index contributed by atoms with van der Waals surface area (Å²) >= 11 is 1.52. The number of pyridine rings is 1. The topological polar surface area (TPSA) is 67.6 Å². The summed E-state index contributed by atoms with van der Waals surface area (Å²) in [4.78, 5) is 12.2. The van der Waals surface area contributed by atoms with Gasteiger partial charge in [-0.1, -0.05) is 12.1 Å². The van der Waals surface area contributed by atoms with Crippen molar-refractivity contribution in [1.82, 2.24) is 15.0 Å². The summed E-state index contributed by atoms with van der Waals surface area (Å²) in [6.07, 6.45) is 1.81. The summed E-state index contributed by atoms with van der Waals surface area (Å²) in [5, 5.41) is 1.76. The molecule has 0 aliphatic rings. The Kier molecular flexibility index (Phi) is 3.23. The van der Waals surface area contributed by atoms with E-state index in [1.807, 2.05) is 37.3 Å². The van der Waals surface area contributed by atoms with Crippen LogP contribution in [-0.4, -0.2) is 15.0 Å². The van der Waals surface area contributed by atoms with Crippen molar-refractivity contribution in [1.29, 1.82) is 0 Å². The highest BCUT2D eigenvalue weighted by atomic mass is 32.2. The maximum Gasteiger partial charge on any atom is 0.172 e. The van der Waals surface area contributed by atoms with E-state index >= 15 is 0 Å². The minimum atomic E-state index is 0.488. The van der Waals surface area contributed by atoms with Crippen LogP contribution in [0, 0.1) is 6.92 Å². The van der Waals surface area contributed by atoms with Gasteiger partial charge in [0.25, 0.3) is 0 Å². The summed E-state index contributed by atoms with van der Waals surface area (Å²) in [6.45, 7) is 2.54. The number of para-hydroxylation sites is 2. The van der Waals surface area contributed by atoms with Crippen molar-refractivity contribution in [2.75, 3.05) is 0 Å². The minimum Gasteiger partial charge on any atom is -0.333 e. The molecular formula is C14H14N4S. The highest BCUT2D eigenvalue weighted by Gasteiger charge is 2.10. The summed E-state index contributed by atoms with van der Waals surface area (Å²) in [5.74, 6) is 0. The zero-order valence-corrected chi connectivity index (χ0v) is 11.4. The Morgan fingerprint density at radius 1 is 1.26 bits per heavy atom. The summed E-state index contributed by atoms with van der Waals surface area (Å²) in [6, 6.07) is 9.95. The molecule has 0 radical (unpaired) electrons. The standard InChI is InChI=1S/C14H14N4S/c1-9-6-7-16-13(10(9)8-15)19-14-17-11-4-2-3-5-12(11)18-14/h2-7H,8,15H2,1H3,(H,17,18). The molecule has 4 nitrogen and oxygen atoms in total. The van der Waals surface area contributed by atoms with Crippen molar-refractivity contribution >= 4 is 22.8 Å². The normalized spacial score (nSPS) is 11.1. The molecule has 1 aromatic carbocycles. The Hall–Kier alpha value is -1.85. The molecular weight excluding hydrogens is 256 g/mol. The van der Waals surface area contributed by atoms with Gasteiger partial charge in [0, 0.05) is 18.3 Å². The molecule has 0 aliphatic heterocycles. The van der Waals surface area contributed by atoms with E-state index in [4.69, 9.17) is 5.73 Å². The summed E-state index contributed by atoms with van der Waals surface area (Å²) in [7, 11) is 0. The Balaban J connectivity index is 1.99. The second-order valence-corrected chi connectivity index (χ2v) is 5.25. The summed E-state index contributed by atoms with van der Waals surface area (Å²) < 4.78 is 0. The fourth-order valence-electron chi connectivity index (χ4n) is 1.97. The molecule has 0 amide bonds. The number of nitrogens with zero attached hydrogens (tertiary/aromatic N) is 2. The van der Waals surface area contributed by atoms with E-state index in [-0.39, 0.29) is 0 Å². The van der Waals surface area contributed by atoms with Gasteiger partial charge in [0.05, 0.1) is 11.0 Å². The molecule has 0 fully saturated rings. The molecule has 0 aliphatic carbocycles. The lowest BCUT2D eigenvalue weighted by Crippen LogP contribution is -2.02. The van der Waals surface area contributed by atoms with Crippen molar-refractivity contribution < 1.29 is 0 Å². The van der Waals surface area contributed by atoms with E-state index < -0.39 is 0 Å². The fraction of sp³-hybridized carbons (Fsp3) is 0.143. The molecule has 96 valence electrons. The van der Waals surface area contributed by atoms with Crippen molar-refractivity contribution in [3.63, 3.8) is 0 Å². The van der Waals surface area contributed by atoms with Gasteiger partial charge in [0.15, 0.2) is 5.16 Å². The van der Waals surface area contributed by atoms with Crippen LogP contribution in [0.15, 0.2) is 46.7 Å². The maximum absolute atomic E-state index is 5.80. The van der Waals surface area contributed by atoms with Crippen LogP contribution < -0.4 is 5.73 Å². The van der Waals surface area contributed by atoms with Gasteiger partial charge < -0.3 is 10.7 Å². The largest absolute Gasteiger partial charge is 0.333 e. The average Bonchev–Trinajstić information content (AvgIpc) is 2.81. The van der Waals surface area contributed by atoms with E-state index in [1.165, 1.54) is 11.8 Å². The SMILES string of the molecule is Cc1ccnc(Sc2nc3ccccc3[nH]2)c1CN. The average molecular weight is 270 g/mol. The third-order valence-corrected chi connectivity index (χ3v) is 3.95. The number of nitrogens with two attached hydrogens (primary N) is 1. The monoisotopic (exact) mass is 270 g/mol. The van der Waals surface area contributed by atoms with Crippen LogP contribution in [-0.2, 0) is 6.54 Å². The van der Waals surface area contributed by atoms with E-state index in [9.17, 15) is 0 Å². The highest BCUT2D eigenvalue weighted by Crippen LogP contribution is 2.29. The second kappa shape index (κ2) is 5.03. The number of aromatic amines is 1. The molecule has 5 heteroatoms. The quantitative estimate of drug-likeness (QED) is 0.768. The smallest absolute Gasteiger partial charge is 0.172 e. The van der Waals surface area contributed by atoms with Crippen molar-refractivity contribution in [3.8, 4) is 0 Å². The first kappa shape index (κ1) is 12.2. The molecule has 0 saturated carbocycles. The van der Waals surface area contributed by atoms with Crippen molar-refractivity contribution in [3.05, 3.63) is 47.7 Å². The second-order valence-electron chi connectivity index (χ2n) is 4.28. The molecule has 2 heterocycles. The Morgan fingerprint density at radius 3 is 2.89 bits per heavy atom. The van der Waals surface area contributed by atoms with Crippen LogP contribution in [0.5, 0.6) is 0 Å². The third kappa shape index (κ3) is 2.34. The summed E-state index contributed by atoms with van der Waals surface area (Å²) in [5.41, 5.74) is 10.0. The Bertz CT molecular complexity index is 687. The van der Waals surface area contributed by atoms with Crippen LogP contribution in [0.2, 0.25) is 0 Å². The first-order chi connectivity index (χ1) is 9.28. The number of fused-ring (bicyclic) bond motifs is 1. The van der Waals surface area contributed by atoms with E-state index in [1.54, 1.807) is 6.20 Å². The minimum absolute atomic E-state index is 0.488. The third-order valence-electron chi connectivity index (χ3n) is 3.02. The van der Waals surface area contributed by atoms with Crippen molar-refractivity contribution in [2.45, 2.75) is 23.7 Å². The van der Waals surface area contributed by atoms with Crippen LogP contribution in [0.1, 0.15) is 11.1 Å². The first-order valence-corrected chi connectivity index (χ1v) is 6.86. The molecule has 0 unspecified atom stereocenters. The molecule has 3 N–H and O–H groups in total. The number of aromatic nitrogens is 3. The molecule has 2 aromatic heterocycles. The van der Waals surface area contributed by atoms with Crippen LogP contribution >= 0.6 is 11.8 Å². The number of H-pyrrole nitrogens is 1. The lowest BCUT2D eigenvalue weighted by molar-refractivity contribution is 0.936. The molecule has 0 atom stereocenters. The molecule has 0 spiro atoms. The fourth-order valence-corrected chi connectivity index (χ4v) is 2.94. The van der Waals surface area contributed by atoms with Gasteiger partial charge in [-0.15, -0.1) is 0 Å².